The minimum Gasteiger partial charge on any atom is -0.469 e. The van der Waals surface area contributed by atoms with E-state index in [4.69, 9.17) is 4.42 Å². The minimum absolute atomic E-state index is 0.278. The first-order valence-corrected chi connectivity index (χ1v) is 5.71. The molecule has 0 aliphatic carbocycles. The van der Waals surface area contributed by atoms with Gasteiger partial charge in [-0.05, 0) is 31.2 Å². The van der Waals surface area contributed by atoms with Crippen LogP contribution in [0.15, 0.2) is 41.0 Å². The van der Waals surface area contributed by atoms with E-state index in [0.717, 1.165) is 23.8 Å². The van der Waals surface area contributed by atoms with E-state index < -0.39 is 0 Å². The Morgan fingerprint density at radius 2 is 2.06 bits per heavy atom. The Labute approximate surface area is 101 Å². The molecule has 4 heteroatoms. The Balaban J connectivity index is 1.95. The van der Waals surface area contributed by atoms with Gasteiger partial charge in [-0.2, -0.15) is 0 Å². The summed E-state index contributed by atoms with van der Waals surface area (Å²) >= 11 is 0. The standard InChI is InChI=1S/C13H17N3O/c1-10(9-11-5-4-8-17-11)15-13-7-3-6-12(14-2)16-13/h3-8,10H,9H2,1-2H3,(H2,14,15,16). The molecule has 4 nitrogen and oxygen atoms in total. The molecule has 0 aromatic carbocycles. The number of nitrogens with zero attached hydrogens (tertiary/aromatic N) is 1. The van der Waals surface area contributed by atoms with Crippen LogP contribution in [-0.2, 0) is 6.42 Å². The van der Waals surface area contributed by atoms with Gasteiger partial charge < -0.3 is 15.1 Å². The maximum absolute atomic E-state index is 5.31. The molecule has 1 atom stereocenters. The van der Waals surface area contributed by atoms with Gasteiger partial charge in [0, 0.05) is 19.5 Å². The van der Waals surface area contributed by atoms with Crippen LogP contribution in [0.4, 0.5) is 11.6 Å². The van der Waals surface area contributed by atoms with Crippen LogP contribution >= 0.6 is 0 Å². The molecule has 0 amide bonds. The number of rotatable bonds is 5. The summed E-state index contributed by atoms with van der Waals surface area (Å²) in [6, 6.07) is 10.0. The van der Waals surface area contributed by atoms with Gasteiger partial charge in [-0.3, -0.25) is 0 Å². The van der Waals surface area contributed by atoms with E-state index in [1.165, 1.54) is 0 Å². The molecule has 0 bridgehead atoms. The Kier molecular flexibility index (Phi) is 3.65. The number of furan rings is 1. The topological polar surface area (TPSA) is 50.1 Å². The van der Waals surface area contributed by atoms with Crippen LogP contribution in [0, 0.1) is 0 Å². The first-order chi connectivity index (χ1) is 8.28. The van der Waals surface area contributed by atoms with Gasteiger partial charge in [0.2, 0.25) is 0 Å². The van der Waals surface area contributed by atoms with E-state index in [0.29, 0.717) is 0 Å². The molecule has 2 aromatic rings. The summed E-state index contributed by atoms with van der Waals surface area (Å²) in [6.07, 6.45) is 2.54. The van der Waals surface area contributed by atoms with Crippen molar-refractivity contribution in [3.8, 4) is 0 Å². The van der Waals surface area contributed by atoms with Gasteiger partial charge in [-0.15, -0.1) is 0 Å². The maximum atomic E-state index is 5.31. The number of hydrogen-bond donors (Lipinski definition) is 2. The van der Waals surface area contributed by atoms with E-state index in [-0.39, 0.29) is 6.04 Å². The number of hydrogen-bond acceptors (Lipinski definition) is 4. The molecule has 90 valence electrons. The van der Waals surface area contributed by atoms with Gasteiger partial charge in [0.1, 0.15) is 17.4 Å². The second-order valence-electron chi connectivity index (χ2n) is 3.99. The SMILES string of the molecule is CNc1cccc(NC(C)Cc2ccco2)n1. The average Bonchev–Trinajstić information content (AvgIpc) is 2.82. The highest BCUT2D eigenvalue weighted by Crippen LogP contribution is 2.12. The molecule has 1 unspecified atom stereocenters. The second kappa shape index (κ2) is 5.39. The Morgan fingerprint density at radius 1 is 1.24 bits per heavy atom. The zero-order valence-electron chi connectivity index (χ0n) is 10.1. The Hall–Kier alpha value is -1.97. The van der Waals surface area contributed by atoms with E-state index in [2.05, 4.69) is 22.5 Å². The molecular formula is C13H17N3O. The van der Waals surface area contributed by atoms with Crippen molar-refractivity contribution >= 4 is 11.6 Å². The summed E-state index contributed by atoms with van der Waals surface area (Å²) in [5, 5.41) is 6.36. The molecule has 0 aliphatic rings. The van der Waals surface area contributed by atoms with E-state index in [1.807, 2.05) is 37.4 Å². The first kappa shape index (κ1) is 11.5. The van der Waals surface area contributed by atoms with Crippen LogP contribution in [0.1, 0.15) is 12.7 Å². The van der Waals surface area contributed by atoms with Crippen molar-refractivity contribution in [2.45, 2.75) is 19.4 Å². The molecule has 2 rings (SSSR count). The quantitative estimate of drug-likeness (QED) is 0.830. The van der Waals surface area contributed by atoms with Crippen LogP contribution in [0.5, 0.6) is 0 Å². The number of aromatic nitrogens is 1. The number of nitrogens with one attached hydrogen (secondary N) is 2. The van der Waals surface area contributed by atoms with Crippen molar-refractivity contribution in [2.75, 3.05) is 17.7 Å². The molecule has 0 saturated heterocycles. The van der Waals surface area contributed by atoms with Gasteiger partial charge in [-0.1, -0.05) is 6.07 Å². The fraction of sp³-hybridized carbons (Fsp3) is 0.308. The van der Waals surface area contributed by atoms with E-state index in [9.17, 15) is 0 Å². The summed E-state index contributed by atoms with van der Waals surface area (Å²) in [5.41, 5.74) is 0. The summed E-state index contributed by atoms with van der Waals surface area (Å²) < 4.78 is 5.31. The first-order valence-electron chi connectivity index (χ1n) is 5.71. The van der Waals surface area contributed by atoms with Crippen LogP contribution < -0.4 is 10.6 Å². The van der Waals surface area contributed by atoms with Crippen LogP contribution in [0.3, 0.4) is 0 Å². The van der Waals surface area contributed by atoms with Crippen molar-refractivity contribution in [1.82, 2.24) is 4.98 Å². The van der Waals surface area contributed by atoms with Gasteiger partial charge in [-0.25, -0.2) is 4.98 Å². The predicted molar refractivity (Wildman–Crippen MR) is 69.3 cm³/mol. The Bertz CT molecular complexity index is 453. The predicted octanol–water partition coefficient (Wildman–Crippen LogP) is 2.76. The lowest BCUT2D eigenvalue weighted by Crippen LogP contribution is -2.18. The zero-order chi connectivity index (χ0) is 12.1. The zero-order valence-corrected chi connectivity index (χ0v) is 10.1. The average molecular weight is 231 g/mol. The smallest absolute Gasteiger partial charge is 0.128 e. The van der Waals surface area contributed by atoms with Crippen LogP contribution in [-0.4, -0.2) is 18.1 Å². The molecule has 2 aromatic heterocycles. The lowest BCUT2D eigenvalue weighted by molar-refractivity contribution is 0.497. The largest absolute Gasteiger partial charge is 0.469 e. The van der Waals surface area contributed by atoms with Crippen molar-refractivity contribution in [1.29, 1.82) is 0 Å². The molecule has 0 radical (unpaired) electrons. The fourth-order valence-corrected chi connectivity index (χ4v) is 1.69. The summed E-state index contributed by atoms with van der Waals surface area (Å²) in [4.78, 5) is 4.41. The lowest BCUT2D eigenvalue weighted by Gasteiger charge is -2.13. The molecule has 0 aliphatic heterocycles. The van der Waals surface area contributed by atoms with Gasteiger partial charge in [0.15, 0.2) is 0 Å². The monoisotopic (exact) mass is 231 g/mol. The molecule has 2 N–H and O–H groups in total. The molecule has 0 fully saturated rings. The fourth-order valence-electron chi connectivity index (χ4n) is 1.69. The molecule has 0 spiro atoms. The third-order valence-electron chi connectivity index (χ3n) is 2.49. The van der Waals surface area contributed by atoms with E-state index in [1.54, 1.807) is 6.26 Å². The third-order valence-corrected chi connectivity index (χ3v) is 2.49. The molecule has 2 heterocycles. The highest BCUT2D eigenvalue weighted by Gasteiger charge is 2.06. The Morgan fingerprint density at radius 3 is 2.76 bits per heavy atom. The number of pyridine rings is 1. The van der Waals surface area contributed by atoms with Crippen LogP contribution in [0.25, 0.3) is 0 Å². The van der Waals surface area contributed by atoms with Crippen molar-refractivity contribution in [3.05, 3.63) is 42.4 Å². The van der Waals surface area contributed by atoms with Crippen molar-refractivity contribution < 1.29 is 4.42 Å². The maximum Gasteiger partial charge on any atom is 0.128 e. The molecular weight excluding hydrogens is 214 g/mol. The third kappa shape index (κ3) is 3.24. The summed E-state index contributed by atoms with van der Waals surface area (Å²) in [6.45, 7) is 2.11. The minimum atomic E-state index is 0.278. The number of anilines is 2. The lowest BCUT2D eigenvalue weighted by atomic mass is 10.2. The van der Waals surface area contributed by atoms with Crippen molar-refractivity contribution in [2.24, 2.45) is 0 Å². The highest BCUT2D eigenvalue weighted by atomic mass is 16.3. The molecule has 17 heavy (non-hydrogen) atoms. The second-order valence-corrected chi connectivity index (χ2v) is 3.99. The van der Waals surface area contributed by atoms with Crippen LogP contribution in [0.2, 0.25) is 0 Å². The van der Waals surface area contributed by atoms with E-state index >= 15 is 0 Å². The van der Waals surface area contributed by atoms with Gasteiger partial charge in [0.05, 0.1) is 6.26 Å². The van der Waals surface area contributed by atoms with Gasteiger partial charge in [0.25, 0.3) is 0 Å². The van der Waals surface area contributed by atoms with Crippen molar-refractivity contribution in [3.63, 3.8) is 0 Å². The van der Waals surface area contributed by atoms with Gasteiger partial charge >= 0.3 is 0 Å². The summed E-state index contributed by atoms with van der Waals surface area (Å²) in [5.74, 6) is 2.71. The summed E-state index contributed by atoms with van der Waals surface area (Å²) in [7, 11) is 1.86. The highest BCUT2D eigenvalue weighted by molar-refractivity contribution is 5.45. The molecule has 0 saturated carbocycles. The normalized spacial score (nSPS) is 12.1.